The maximum absolute atomic E-state index is 13.4. The van der Waals surface area contributed by atoms with Crippen molar-refractivity contribution in [3.05, 3.63) is 23.8 Å². The van der Waals surface area contributed by atoms with Crippen molar-refractivity contribution in [1.29, 1.82) is 0 Å². The van der Waals surface area contributed by atoms with Gasteiger partial charge in [0.05, 0.1) is 11.8 Å². The van der Waals surface area contributed by atoms with Crippen LogP contribution in [0.3, 0.4) is 0 Å². The molecule has 3 aliphatic rings. The maximum atomic E-state index is 13.4. The third kappa shape index (κ3) is 2.51. The van der Waals surface area contributed by atoms with Gasteiger partial charge in [0.2, 0.25) is 5.91 Å². The van der Waals surface area contributed by atoms with Crippen molar-refractivity contribution < 1.29 is 24.2 Å². The summed E-state index contributed by atoms with van der Waals surface area (Å²) in [5.74, 6) is -0.313. The quantitative estimate of drug-likeness (QED) is 0.587. The predicted octanol–water partition coefficient (Wildman–Crippen LogP) is 1.58. The Labute approximate surface area is 166 Å². The fraction of sp³-hybridized carbons (Fsp3) is 0.600. The van der Waals surface area contributed by atoms with E-state index < -0.39 is 13.9 Å². The lowest BCUT2D eigenvalue weighted by atomic mass is 9.82. The number of carbonyl (C=O) groups excluding carboxylic acids is 2. The SMILES string of the molecule is C[C@@H]1[C@@H]([Si](C)(C)O)[C@H](CCO)O[C@@]12C(=O)N(C)c1ccc(N3CCC3=O)cc12. The molecule has 3 aliphatic heterocycles. The maximum Gasteiger partial charge on any atom is 0.264 e. The van der Waals surface area contributed by atoms with E-state index >= 15 is 0 Å². The number of aliphatic hydroxyl groups is 1. The van der Waals surface area contributed by atoms with Crippen LogP contribution in [-0.4, -0.2) is 56.3 Å². The van der Waals surface area contributed by atoms with Gasteiger partial charge >= 0.3 is 0 Å². The van der Waals surface area contributed by atoms with Crippen molar-refractivity contribution in [2.24, 2.45) is 5.92 Å². The average Bonchev–Trinajstić information content (AvgIpc) is 3.02. The molecule has 4 atom stereocenters. The van der Waals surface area contributed by atoms with Gasteiger partial charge in [-0.15, -0.1) is 0 Å². The number of nitrogens with zero attached hydrogens (tertiary/aromatic N) is 2. The molecule has 0 aromatic heterocycles. The van der Waals surface area contributed by atoms with Crippen molar-refractivity contribution in [2.45, 2.75) is 50.1 Å². The monoisotopic (exact) mass is 404 g/mol. The van der Waals surface area contributed by atoms with Gasteiger partial charge in [0, 0.05) is 49.3 Å². The Balaban J connectivity index is 1.84. The molecule has 152 valence electrons. The highest BCUT2D eigenvalue weighted by molar-refractivity contribution is 6.71. The molecule has 8 heteroatoms. The van der Waals surface area contributed by atoms with Gasteiger partial charge in [0.1, 0.15) is 0 Å². The summed E-state index contributed by atoms with van der Waals surface area (Å²) in [5.41, 5.74) is 0.932. The number of carbonyl (C=O) groups is 2. The summed E-state index contributed by atoms with van der Waals surface area (Å²) in [6.07, 6.45) is 0.535. The minimum absolute atomic E-state index is 0.0619. The number of aliphatic hydroxyl groups excluding tert-OH is 1. The third-order valence-corrected chi connectivity index (χ3v) is 9.18. The molecule has 1 aromatic rings. The molecule has 4 rings (SSSR count). The zero-order valence-corrected chi connectivity index (χ0v) is 17.8. The highest BCUT2D eigenvalue weighted by Gasteiger charge is 2.65. The Bertz CT molecular complexity index is 838. The normalized spacial score (nSPS) is 32.3. The van der Waals surface area contributed by atoms with Gasteiger partial charge in [-0.1, -0.05) is 6.92 Å². The molecular formula is C20H28N2O5Si. The zero-order valence-electron chi connectivity index (χ0n) is 16.8. The van der Waals surface area contributed by atoms with Crippen LogP contribution >= 0.6 is 0 Å². The molecule has 2 saturated heterocycles. The number of likely N-dealkylation sites (N-methyl/N-ethyl adjacent to an activating group) is 1. The van der Waals surface area contributed by atoms with Crippen molar-refractivity contribution in [2.75, 3.05) is 30.0 Å². The number of anilines is 2. The molecule has 1 spiro atoms. The number of fused-ring (bicyclic) bond motifs is 2. The highest BCUT2D eigenvalue weighted by atomic mass is 28.4. The summed E-state index contributed by atoms with van der Waals surface area (Å²) in [5, 5.41) is 9.54. The van der Waals surface area contributed by atoms with Gasteiger partial charge in [0.15, 0.2) is 13.9 Å². The van der Waals surface area contributed by atoms with E-state index in [1.54, 1.807) is 16.8 Å². The van der Waals surface area contributed by atoms with Crippen LogP contribution in [0, 0.1) is 5.92 Å². The molecule has 0 unspecified atom stereocenters. The van der Waals surface area contributed by atoms with E-state index in [1.165, 1.54) is 0 Å². The van der Waals surface area contributed by atoms with E-state index in [-0.39, 0.29) is 36.0 Å². The second-order valence-electron chi connectivity index (χ2n) is 8.73. The molecule has 1 aromatic carbocycles. The Morgan fingerprint density at radius 1 is 1.32 bits per heavy atom. The van der Waals surface area contributed by atoms with E-state index in [9.17, 15) is 19.5 Å². The number of β-lactam (4-membered cyclic amide) rings is 1. The second kappa shape index (κ2) is 6.38. The lowest BCUT2D eigenvalue weighted by Gasteiger charge is -2.33. The third-order valence-electron chi connectivity index (χ3n) is 6.67. The van der Waals surface area contributed by atoms with Crippen LogP contribution in [0.4, 0.5) is 11.4 Å². The van der Waals surface area contributed by atoms with Crippen LogP contribution in [0.5, 0.6) is 0 Å². The molecule has 0 aliphatic carbocycles. The Morgan fingerprint density at radius 3 is 2.57 bits per heavy atom. The van der Waals surface area contributed by atoms with E-state index in [0.29, 0.717) is 19.4 Å². The molecule has 28 heavy (non-hydrogen) atoms. The van der Waals surface area contributed by atoms with Crippen molar-refractivity contribution in [3.63, 3.8) is 0 Å². The van der Waals surface area contributed by atoms with Crippen LogP contribution in [0.2, 0.25) is 18.6 Å². The number of amides is 2. The number of benzene rings is 1. The first-order chi connectivity index (χ1) is 13.1. The van der Waals surface area contributed by atoms with E-state index in [1.807, 2.05) is 38.2 Å². The highest BCUT2D eigenvalue weighted by Crippen LogP contribution is 2.59. The summed E-state index contributed by atoms with van der Waals surface area (Å²) < 4.78 is 6.44. The smallest absolute Gasteiger partial charge is 0.264 e. The van der Waals surface area contributed by atoms with E-state index in [0.717, 1.165) is 16.9 Å². The largest absolute Gasteiger partial charge is 0.432 e. The van der Waals surface area contributed by atoms with Gasteiger partial charge in [-0.3, -0.25) is 9.59 Å². The fourth-order valence-corrected chi connectivity index (χ4v) is 7.93. The van der Waals surface area contributed by atoms with E-state index in [4.69, 9.17) is 4.74 Å². The van der Waals surface area contributed by atoms with Crippen LogP contribution in [-0.2, 0) is 19.9 Å². The molecule has 2 amide bonds. The van der Waals surface area contributed by atoms with Gasteiger partial charge in [-0.25, -0.2) is 0 Å². The van der Waals surface area contributed by atoms with Gasteiger partial charge in [-0.05, 0) is 37.7 Å². The first kappa shape index (κ1) is 19.6. The van der Waals surface area contributed by atoms with Crippen molar-refractivity contribution >= 4 is 31.5 Å². The first-order valence-corrected chi connectivity index (χ1v) is 12.9. The van der Waals surface area contributed by atoms with Crippen LogP contribution in [0.1, 0.15) is 25.3 Å². The first-order valence-electron chi connectivity index (χ1n) is 9.87. The van der Waals surface area contributed by atoms with Crippen molar-refractivity contribution in [3.8, 4) is 0 Å². The number of rotatable bonds is 4. The zero-order chi connectivity index (χ0) is 20.4. The summed E-state index contributed by atoms with van der Waals surface area (Å²) >= 11 is 0. The Hall–Kier alpha value is -1.74. The molecule has 0 bridgehead atoms. The van der Waals surface area contributed by atoms with E-state index in [2.05, 4.69) is 0 Å². The molecular weight excluding hydrogens is 376 g/mol. The molecule has 0 radical (unpaired) electrons. The fourth-order valence-electron chi connectivity index (χ4n) is 5.32. The topological polar surface area (TPSA) is 90.3 Å². The second-order valence-corrected chi connectivity index (χ2v) is 12.7. The van der Waals surface area contributed by atoms with Gasteiger partial charge < -0.3 is 24.4 Å². The number of hydrogen-bond acceptors (Lipinski definition) is 5. The van der Waals surface area contributed by atoms with Crippen molar-refractivity contribution in [1.82, 2.24) is 0 Å². The molecule has 3 heterocycles. The van der Waals surface area contributed by atoms with Gasteiger partial charge in [0.25, 0.3) is 5.91 Å². The minimum atomic E-state index is -2.67. The summed E-state index contributed by atoms with van der Waals surface area (Å²) in [7, 11) is -0.935. The van der Waals surface area contributed by atoms with Gasteiger partial charge in [-0.2, -0.15) is 0 Å². The lowest BCUT2D eigenvalue weighted by molar-refractivity contribution is -0.146. The summed E-state index contributed by atoms with van der Waals surface area (Å²) in [4.78, 5) is 39.6. The number of ether oxygens (including phenoxy) is 1. The molecule has 2 fully saturated rings. The van der Waals surface area contributed by atoms with Crippen LogP contribution in [0.25, 0.3) is 0 Å². The molecule has 0 saturated carbocycles. The minimum Gasteiger partial charge on any atom is -0.432 e. The Morgan fingerprint density at radius 2 is 2.04 bits per heavy atom. The standard InChI is InChI=1S/C20H28N2O5Si/c1-12-18(28(3,4)26)16(8-10-23)27-20(12)14-11-13(22-9-7-17(22)24)5-6-15(14)21(2)19(20)25/h5-6,11-12,16,18,23,26H,7-10H2,1-4H3/t12-,16+,18-,20+/m1/s1. The molecule has 7 nitrogen and oxygen atoms in total. The van der Waals surface area contributed by atoms with Crippen LogP contribution in [0.15, 0.2) is 18.2 Å². The average molecular weight is 405 g/mol. The Kier molecular flexibility index (Phi) is 4.46. The van der Waals surface area contributed by atoms with Crippen LogP contribution < -0.4 is 9.80 Å². The summed E-state index contributed by atoms with van der Waals surface area (Å²) in [6.45, 7) is 6.31. The molecule has 2 N–H and O–H groups in total. The predicted molar refractivity (Wildman–Crippen MR) is 108 cm³/mol. The lowest BCUT2D eigenvalue weighted by Crippen LogP contribution is -2.45. The number of hydrogen-bond donors (Lipinski definition) is 2. The summed E-state index contributed by atoms with van der Waals surface area (Å²) in [6, 6.07) is 5.63.